The molecule has 0 spiro atoms. The second-order valence-corrected chi connectivity index (χ2v) is 4.97. The molecule has 1 aromatic heterocycles. The highest BCUT2D eigenvalue weighted by Gasteiger charge is 2.21. The van der Waals surface area contributed by atoms with Gasteiger partial charge in [-0.2, -0.15) is 5.10 Å². The van der Waals surface area contributed by atoms with Gasteiger partial charge < -0.3 is 14.8 Å². The van der Waals surface area contributed by atoms with Crippen LogP contribution in [-0.4, -0.2) is 41.4 Å². The van der Waals surface area contributed by atoms with Crippen LogP contribution < -0.4 is 5.32 Å². The summed E-state index contributed by atoms with van der Waals surface area (Å²) in [4.78, 5) is 10.8. The van der Waals surface area contributed by atoms with Gasteiger partial charge in [0.25, 0.3) is 0 Å². The molecule has 1 saturated heterocycles. The third-order valence-corrected chi connectivity index (χ3v) is 3.39. The molecule has 20 heavy (non-hydrogen) atoms. The lowest BCUT2D eigenvalue weighted by Crippen LogP contribution is -2.50. The van der Waals surface area contributed by atoms with Gasteiger partial charge in [0.2, 0.25) is 0 Å². The molecule has 0 saturated carbocycles. The lowest BCUT2D eigenvalue weighted by Gasteiger charge is -2.28. The van der Waals surface area contributed by atoms with Crippen LogP contribution in [0, 0.1) is 0 Å². The maximum Gasteiger partial charge on any atom is 0.139 e. The van der Waals surface area contributed by atoms with E-state index in [-0.39, 0.29) is 12.1 Å². The summed E-state index contributed by atoms with van der Waals surface area (Å²) in [5.74, 6) is 0. The second-order valence-electron chi connectivity index (χ2n) is 4.97. The molecule has 3 rings (SSSR count). The van der Waals surface area contributed by atoms with E-state index in [9.17, 15) is 4.79 Å². The quantitative estimate of drug-likeness (QED) is 0.842. The van der Waals surface area contributed by atoms with E-state index >= 15 is 0 Å². The molecule has 1 aliphatic heterocycles. The zero-order valence-corrected chi connectivity index (χ0v) is 11.1. The first-order valence-corrected chi connectivity index (χ1v) is 6.73. The van der Waals surface area contributed by atoms with Crippen LogP contribution in [0.4, 0.5) is 0 Å². The lowest BCUT2D eigenvalue weighted by atomic mass is 10.0. The number of morpholine rings is 1. The molecule has 2 heterocycles. The third-order valence-electron chi connectivity index (χ3n) is 3.39. The van der Waals surface area contributed by atoms with Crippen molar-refractivity contribution in [2.24, 2.45) is 0 Å². The van der Waals surface area contributed by atoms with Crippen LogP contribution in [0.2, 0.25) is 0 Å². The Morgan fingerprint density at radius 1 is 1.40 bits per heavy atom. The fourth-order valence-corrected chi connectivity index (χ4v) is 2.46. The van der Waals surface area contributed by atoms with E-state index in [2.05, 4.69) is 22.5 Å². The molecule has 1 fully saturated rings. The van der Waals surface area contributed by atoms with Gasteiger partial charge in [0.15, 0.2) is 0 Å². The first-order valence-electron chi connectivity index (χ1n) is 6.73. The number of hydrogen-bond donors (Lipinski definition) is 1. The van der Waals surface area contributed by atoms with Crippen LogP contribution in [0.5, 0.6) is 0 Å². The molecule has 0 aliphatic carbocycles. The monoisotopic (exact) mass is 271 g/mol. The normalized spacial score (nSPS) is 22.6. The average molecular weight is 271 g/mol. The zero-order valence-electron chi connectivity index (χ0n) is 11.1. The van der Waals surface area contributed by atoms with Crippen LogP contribution in [-0.2, 0) is 16.0 Å². The summed E-state index contributed by atoms with van der Waals surface area (Å²) < 4.78 is 7.28. The molecule has 1 aromatic carbocycles. The molecule has 1 unspecified atom stereocenters. The van der Waals surface area contributed by atoms with Crippen LogP contribution in [0.3, 0.4) is 0 Å². The average Bonchev–Trinajstić information content (AvgIpc) is 3.02. The molecule has 0 bridgehead atoms. The Labute approximate surface area is 117 Å². The summed E-state index contributed by atoms with van der Waals surface area (Å²) in [5, 5.41) is 7.52. The summed E-state index contributed by atoms with van der Waals surface area (Å²) in [6.07, 6.45) is 5.42. The first-order chi connectivity index (χ1) is 9.85. The van der Waals surface area contributed by atoms with Gasteiger partial charge in [-0.15, -0.1) is 0 Å². The molecule has 104 valence electrons. The Hall–Kier alpha value is -1.98. The van der Waals surface area contributed by atoms with Crippen molar-refractivity contribution in [3.8, 4) is 5.69 Å². The summed E-state index contributed by atoms with van der Waals surface area (Å²) in [7, 11) is 0. The second kappa shape index (κ2) is 5.98. The van der Waals surface area contributed by atoms with Crippen LogP contribution in [0.25, 0.3) is 5.69 Å². The number of nitrogens with one attached hydrogen (secondary N) is 1. The largest absolute Gasteiger partial charge is 0.378 e. The number of aromatic nitrogens is 2. The van der Waals surface area contributed by atoms with Gasteiger partial charge in [-0.1, -0.05) is 12.1 Å². The van der Waals surface area contributed by atoms with E-state index < -0.39 is 0 Å². The van der Waals surface area contributed by atoms with Gasteiger partial charge in [0.1, 0.15) is 6.29 Å². The summed E-state index contributed by atoms with van der Waals surface area (Å²) in [5.41, 5.74) is 2.24. The summed E-state index contributed by atoms with van der Waals surface area (Å²) >= 11 is 0. The number of hydrogen-bond acceptors (Lipinski definition) is 4. The van der Waals surface area contributed by atoms with Gasteiger partial charge in [0, 0.05) is 18.4 Å². The lowest BCUT2D eigenvalue weighted by molar-refractivity contribution is -0.112. The Morgan fingerprint density at radius 2 is 2.35 bits per heavy atom. The van der Waals surface area contributed by atoms with Crippen LogP contribution >= 0.6 is 0 Å². The maximum atomic E-state index is 10.8. The van der Waals surface area contributed by atoms with Crippen molar-refractivity contribution >= 4 is 6.29 Å². The van der Waals surface area contributed by atoms with Crippen LogP contribution in [0.15, 0.2) is 42.7 Å². The van der Waals surface area contributed by atoms with E-state index in [0.717, 1.165) is 18.4 Å². The molecule has 5 heteroatoms. The minimum Gasteiger partial charge on any atom is -0.378 e. The predicted molar refractivity (Wildman–Crippen MR) is 74.9 cm³/mol. The molecular formula is C15H17N3O2. The molecular weight excluding hydrogens is 254 g/mol. The Kier molecular flexibility index (Phi) is 3.90. The first kappa shape index (κ1) is 13.0. The van der Waals surface area contributed by atoms with Crippen molar-refractivity contribution in [3.05, 3.63) is 48.3 Å². The molecule has 2 aromatic rings. The summed E-state index contributed by atoms with van der Waals surface area (Å²) in [6, 6.07) is 10.1. The van der Waals surface area contributed by atoms with Crippen molar-refractivity contribution in [1.29, 1.82) is 0 Å². The predicted octanol–water partition coefficient (Wildman–Crippen LogP) is 0.971. The molecule has 2 atom stereocenters. The van der Waals surface area contributed by atoms with Gasteiger partial charge in [-0.3, -0.25) is 0 Å². The molecule has 1 N–H and O–H groups in total. The van der Waals surface area contributed by atoms with Crippen LogP contribution in [0.1, 0.15) is 5.56 Å². The van der Waals surface area contributed by atoms with E-state index in [1.807, 2.05) is 29.1 Å². The number of rotatable bonds is 4. The SMILES string of the molecule is O=CC1COC[C@@H](Cc2cccc(-n3cccn3)c2)N1. The zero-order chi connectivity index (χ0) is 13.8. The van der Waals surface area contributed by atoms with Gasteiger partial charge in [-0.25, -0.2) is 4.68 Å². The molecule has 1 aliphatic rings. The molecule has 0 amide bonds. The standard InChI is InChI=1S/C15H17N3O2/c19-9-14-11-20-10-13(17-14)7-12-3-1-4-15(8-12)18-6-2-5-16-18/h1-6,8-9,13-14,17H,7,10-11H2/t13-,14?/m1/s1. The van der Waals surface area contributed by atoms with E-state index in [1.165, 1.54) is 5.56 Å². The minimum atomic E-state index is -0.192. The molecule has 5 nitrogen and oxygen atoms in total. The smallest absolute Gasteiger partial charge is 0.139 e. The van der Waals surface area contributed by atoms with E-state index in [1.54, 1.807) is 6.20 Å². The van der Waals surface area contributed by atoms with Crippen molar-refractivity contribution in [2.45, 2.75) is 18.5 Å². The third kappa shape index (κ3) is 2.95. The van der Waals surface area contributed by atoms with Gasteiger partial charge in [0.05, 0.1) is 24.9 Å². The number of aldehydes is 1. The number of carbonyl (C=O) groups excluding carboxylic acids is 1. The number of ether oxygens (including phenoxy) is 1. The Morgan fingerprint density at radius 3 is 3.15 bits per heavy atom. The molecule has 0 radical (unpaired) electrons. The topological polar surface area (TPSA) is 56.2 Å². The van der Waals surface area contributed by atoms with Crippen molar-refractivity contribution in [2.75, 3.05) is 13.2 Å². The van der Waals surface area contributed by atoms with Crippen molar-refractivity contribution < 1.29 is 9.53 Å². The highest BCUT2D eigenvalue weighted by Crippen LogP contribution is 2.13. The highest BCUT2D eigenvalue weighted by molar-refractivity contribution is 5.58. The Balaban J connectivity index is 1.71. The van der Waals surface area contributed by atoms with Crippen molar-refractivity contribution in [1.82, 2.24) is 15.1 Å². The highest BCUT2D eigenvalue weighted by atomic mass is 16.5. The number of benzene rings is 1. The fraction of sp³-hybridized carbons (Fsp3) is 0.333. The van der Waals surface area contributed by atoms with E-state index in [4.69, 9.17) is 4.74 Å². The number of carbonyl (C=O) groups is 1. The minimum absolute atomic E-state index is 0.173. The van der Waals surface area contributed by atoms with E-state index in [0.29, 0.717) is 13.2 Å². The summed E-state index contributed by atoms with van der Waals surface area (Å²) in [6.45, 7) is 1.10. The number of nitrogens with zero attached hydrogens (tertiary/aromatic N) is 2. The maximum absolute atomic E-state index is 10.8. The fourth-order valence-electron chi connectivity index (χ4n) is 2.46. The Bertz CT molecular complexity index is 568. The van der Waals surface area contributed by atoms with Gasteiger partial charge in [-0.05, 0) is 30.2 Å². The van der Waals surface area contributed by atoms with Gasteiger partial charge >= 0.3 is 0 Å². The van der Waals surface area contributed by atoms with Crippen molar-refractivity contribution in [3.63, 3.8) is 0 Å².